The molecule has 0 aliphatic heterocycles. The number of hydrogen-bond donors (Lipinski definition) is 3. The summed E-state index contributed by atoms with van der Waals surface area (Å²) in [7, 11) is 0. The number of carbonyl (C=O) groups is 2. The minimum absolute atomic E-state index is 0.0963. The first-order chi connectivity index (χ1) is 11.0. The van der Waals surface area contributed by atoms with Crippen LogP contribution in [0.1, 0.15) is 31.8 Å². The van der Waals surface area contributed by atoms with Crippen LogP contribution in [0.2, 0.25) is 0 Å². The van der Waals surface area contributed by atoms with E-state index in [1.165, 1.54) is 17.7 Å². The lowest BCUT2D eigenvalue weighted by Gasteiger charge is -2.18. The van der Waals surface area contributed by atoms with Crippen LogP contribution in [0.25, 0.3) is 0 Å². The summed E-state index contributed by atoms with van der Waals surface area (Å²) in [6, 6.07) is 13.9. The maximum absolute atomic E-state index is 12.3. The van der Waals surface area contributed by atoms with E-state index in [1.807, 2.05) is 31.2 Å². The van der Waals surface area contributed by atoms with Crippen LogP contribution in [0, 0.1) is 6.92 Å². The first-order valence-corrected chi connectivity index (χ1v) is 7.94. The molecule has 2 rings (SSSR count). The molecule has 120 valence electrons. The standard InChI is InChI=1S/C18H19NO3S/c1-12-5-2-3-6-13(12)10-16(11-23)19-17(20)14-7-4-8-15(9-14)18(21)22/h2-9,16,23H,10-11H2,1H3,(H,19,20)(H,21,22). The van der Waals surface area contributed by atoms with Gasteiger partial charge in [0.1, 0.15) is 0 Å². The second kappa shape index (κ2) is 7.83. The van der Waals surface area contributed by atoms with E-state index in [1.54, 1.807) is 12.1 Å². The van der Waals surface area contributed by atoms with Crippen LogP contribution in [-0.2, 0) is 6.42 Å². The third-order valence-electron chi connectivity index (χ3n) is 3.65. The summed E-state index contributed by atoms with van der Waals surface area (Å²) in [5.41, 5.74) is 2.76. The fraction of sp³-hybridized carbons (Fsp3) is 0.222. The first kappa shape index (κ1) is 17.1. The fourth-order valence-corrected chi connectivity index (χ4v) is 2.55. The topological polar surface area (TPSA) is 66.4 Å². The molecule has 5 heteroatoms. The maximum Gasteiger partial charge on any atom is 0.335 e. The number of rotatable bonds is 6. The van der Waals surface area contributed by atoms with E-state index in [0.717, 1.165) is 5.56 Å². The highest BCUT2D eigenvalue weighted by Crippen LogP contribution is 2.12. The van der Waals surface area contributed by atoms with Crippen LogP contribution < -0.4 is 5.32 Å². The summed E-state index contributed by atoms with van der Waals surface area (Å²) in [4.78, 5) is 23.3. The van der Waals surface area contributed by atoms with Crippen molar-refractivity contribution in [1.29, 1.82) is 0 Å². The Balaban J connectivity index is 2.09. The van der Waals surface area contributed by atoms with Gasteiger partial charge in [-0.25, -0.2) is 4.79 Å². The van der Waals surface area contributed by atoms with E-state index in [9.17, 15) is 9.59 Å². The summed E-state index contributed by atoms with van der Waals surface area (Å²) >= 11 is 4.31. The number of nitrogens with one attached hydrogen (secondary N) is 1. The Kier molecular flexibility index (Phi) is 5.82. The van der Waals surface area contributed by atoms with Crippen molar-refractivity contribution in [3.05, 3.63) is 70.8 Å². The molecule has 1 atom stereocenters. The molecule has 0 spiro atoms. The normalized spacial score (nSPS) is 11.7. The van der Waals surface area contributed by atoms with Crippen molar-refractivity contribution in [2.75, 3.05) is 5.75 Å². The second-order valence-corrected chi connectivity index (χ2v) is 5.73. The zero-order valence-electron chi connectivity index (χ0n) is 12.8. The minimum atomic E-state index is -1.05. The number of amides is 1. The Hall–Kier alpha value is -2.27. The Bertz CT molecular complexity index is 715. The molecule has 0 radical (unpaired) electrons. The molecule has 1 amide bonds. The van der Waals surface area contributed by atoms with Crippen molar-refractivity contribution in [2.45, 2.75) is 19.4 Å². The average molecular weight is 329 g/mol. The molecular weight excluding hydrogens is 310 g/mol. The predicted octanol–water partition coefficient (Wildman–Crippen LogP) is 2.96. The van der Waals surface area contributed by atoms with Gasteiger partial charge in [0.05, 0.1) is 5.56 Å². The van der Waals surface area contributed by atoms with E-state index in [0.29, 0.717) is 17.7 Å². The molecule has 2 aromatic carbocycles. The number of aromatic carboxylic acids is 1. The number of carboxylic acid groups (broad SMARTS) is 1. The van der Waals surface area contributed by atoms with E-state index >= 15 is 0 Å². The SMILES string of the molecule is Cc1ccccc1CC(CS)NC(=O)c1cccc(C(=O)O)c1. The second-order valence-electron chi connectivity index (χ2n) is 5.37. The molecule has 0 saturated heterocycles. The van der Waals surface area contributed by atoms with Crippen LogP contribution in [0.15, 0.2) is 48.5 Å². The smallest absolute Gasteiger partial charge is 0.335 e. The summed E-state index contributed by atoms with van der Waals surface area (Å²) in [6.45, 7) is 2.03. The summed E-state index contributed by atoms with van der Waals surface area (Å²) in [5, 5.41) is 11.9. The van der Waals surface area contributed by atoms with E-state index in [4.69, 9.17) is 5.11 Å². The third-order valence-corrected chi connectivity index (χ3v) is 4.10. The van der Waals surface area contributed by atoms with Crippen molar-refractivity contribution in [3.63, 3.8) is 0 Å². The van der Waals surface area contributed by atoms with Gasteiger partial charge in [0.25, 0.3) is 5.91 Å². The van der Waals surface area contributed by atoms with Crippen LogP contribution in [0.5, 0.6) is 0 Å². The molecule has 0 saturated carbocycles. The number of carbonyl (C=O) groups excluding carboxylic acids is 1. The van der Waals surface area contributed by atoms with E-state index in [-0.39, 0.29) is 17.5 Å². The number of aryl methyl sites for hydroxylation is 1. The van der Waals surface area contributed by atoms with Gasteiger partial charge in [-0.15, -0.1) is 0 Å². The van der Waals surface area contributed by atoms with Crippen molar-refractivity contribution < 1.29 is 14.7 Å². The van der Waals surface area contributed by atoms with Gasteiger partial charge in [-0.1, -0.05) is 30.3 Å². The average Bonchev–Trinajstić information content (AvgIpc) is 2.56. The Labute approximate surface area is 141 Å². The lowest BCUT2D eigenvalue weighted by atomic mass is 10.0. The quantitative estimate of drug-likeness (QED) is 0.714. The molecule has 0 fully saturated rings. The largest absolute Gasteiger partial charge is 0.478 e. The molecule has 23 heavy (non-hydrogen) atoms. The molecule has 4 nitrogen and oxygen atoms in total. The van der Waals surface area contributed by atoms with Crippen molar-refractivity contribution >= 4 is 24.5 Å². The third kappa shape index (κ3) is 4.60. The molecule has 0 aliphatic rings. The zero-order chi connectivity index (χ0) is 16.8. The van der Waals surface area contributed by atoms with Crippen LogP contribution in [0.3, 0.4) is 0 Å². The van der Waals surface area contributed by atoms with Crippen molar-refractivity contribution in [3.8, 4) is 0 Å². The highest BCUT2D eigenvalue weighted by atomic mass is 32.1. The predicted molar refractivity (Wildman–Crippen MR) is 93.4 cm³/mol. The Morgan fingerprint density at radius 2 is 1.83 bits per heavy atom. The van der Waals surface area contributed by atoms with Gasteiger partial charge in [0.15, 0.2) is 0 Å². The van der Waals surface area contributed by atoms with Crippen molar-refractivity contribution in [1.82, 2.24) is 5.32 Å². The van der Waals surface area contributed by atoms with E-state index in [2.05, 4.69) is 17.9 Å². The monoisotopic (exact) mass is 329 g/mol. The van der Waals surface area contributed by atoms with Crippen LogP contribution in [-0.4, -0.2) is 28.8 Å². The molecule has 1 unspecified atom stereocenters. The van der Waals surface area contributed by atoms with Gasteiger partial charge in [-0.3, -0.25) is 4.79 Å². The fourth-order valence-electron chi connectivity index (χ4n) is 2.33. The highest BCUT2D eigenvalue weighted by Gasteiger charge is 2.15. The van der Waals surface area contributed by atoms with Crippen LogP contribution >= 0.6 is 12.6 Å². The molecular formula is C18H19NO3S. The molecule has 0 bridgehead atoms. The van der Waals surface area contributed by atoms with Crippen LogP contribution in [0.4, 0.5) is 0 Å². The van der Waals surface area contributed by atoms with Gasteiger partial charge in [-0.05, 0) is 42.7 Å². The van der Waals surface area contributed by atoms with E-state index < -0.39 is 5.97 Å². The van der Waals surface area contributed by atoms with Gasteiger partial charge < -0.3 is 10.4 Å². The molecule has 0 heterocycles. The lowest BCUT2D eigenvalue weighted by molar-refractivity contribution is 0.0697. The lowest BCUT2D eigenvalue weighted by Crippen LogP contribution is -2.38. The number of carboxylic acids is 1. The summed E-state index contributed by atoms with van der Waals surface area (Å²) in [5.74, 6) is -0.843. The van der Waals surface area contributed by atoms with Crippen molar-refractivity contribution in [2.24, 2.45) is 0 Å². The molecule has 2 aromatic rings. The molecule has 2 N–H and O–H groups in total. The Morgan fingerprint density at radius 3 is 2.48 bits per heavy atom. The van der Waals surface area contributed by atoms with Gasteiger partial charge in [0, 0.05) is 17.4 Å². The van der Waals surface area contributed by atoms with Gasteiger partial charge >= 0.3 is 5.97 Å². The van der Waals surface area contributed by atoms with Gasteiger partial charge in [0.2, 0.25) is 0 Å². The maximum atomic E-state index is 12.3. The molecule has 0 aliphatic carbocycles. The number of thiol groups is 1. The summed E-state index contributed by atoms with van der Waals surface area (Å²) in [6.07, 6.45) is 0.681. The Morgan fingerprint density at radius 1 is 1.13 bits per heavy atom. The first-order valence-electron chi connectivity index (χ1n) is 7.31. The minimum Gasteiger partial charge on any atom is -0.478 e. The number of hydrogen-bond acceptors (Lipinski definition) is 3. The number of benzene rings is 2. The van der Waals surface area contributed by atoms with Gasteiger partial charge in [-0.2, -0.15) is 12.6 Å². The zero-order valence-corrected chi connectivity index (χ0v) is 13.7. The summed E-state index contributed by atoms with van der Waals surface area (Å²) < 4.78 is 0. The highest BCUT2D eigenvalue weighted by molar-refractivity contribution is 7.80. The molecule has 0 aromatic heterocycles.